The fraction of sp³-hybridized carbons (Fsp3) is 0.200. The van der Waals surface area contributed by atoms with Crippen molar-refractivity contribution in [3.63, 3.8) is 0 Å². The Morgan fingerprint density at radius 2 is 1.86 bits per heavy atom. The Labute approximate surface area is 180 Å². The molecule has 1 unspecified atom stereocenters. The standard InChI is InChI=1S/C20H18BrFN4O2S/c1-12(23-19(28)15-5-3-4-6-16(15)22)18-24-25-20(26(18)2)29-11-17(27)13-7-9-14(21)10-8-13/h3-10,12H,11H2,1-2H3,(H,23,28). The lowest BCUT2D eigenvalue weighted by Gasteiger charge is -2.14. The zero-order valence-electron chi connectivity index (χ0n) is 15.7. The van der Waals surface area contributed by atoms with E-state index in [1.54, 1.807) is 36.7 Å². The van der Waals surface area contributed by atoms with E-state index in [0.717, 1.165) is 4.47 Å². The van der Waals surface area contributed by atoms with Gasteiger partial charge in [0.25, 0.3) is 5.91 Å². The average Bonchev–Trinajstić information content (AvgIpc) is 3.07. The fourth-order valence-corrected chi connectivity index (χ4v) is 3.74. The molecule has 0 aliphatic carbocycles. The van der Waals surface area contributed by atoms with Crippen molar-refractivity contribution in [3.8, 4) is 0 Å². The van der Waals surface area contributed by atoms with Gasteiger partial charge >= 0.3 is 0 Å². The third-order valence-corrected chi connectivity index (χ3v) is 5.77. The van der Waals surface area contributed by atoms with Crippen LogP contribution < -0.4 is 5.32 Å². The molecule has 1 amide bonds. The Morgan fingerprint density at radius 1 is 1.17 bits per heavy atom. The van der Waals surface area contributed by atoms with Crippen LogP contribution in [0.25, 0.3) is 0 Å². The van der Waals surface area contributed by atoms with Crippen LogP contribution in [0, 0.1) is 5.82 Å². The van der Waals surface area contributed by atoms with Crippen molar-refractivity contribution in [2.45, 2.75) is 18.1 Å². The molecule has 0 radical (unpaired) electrons. The summed E-state index contributed by atoms with van der Waals surface area (Å²) in [7, 11) is 1.76. The molecular formula is C20H18BrFN4O2S. The Morgan fingerprint density at radius 3 is 2.55 bits per heavy atom. The molecule has 0 saturated carbocycles. The Hall–Kier alpha value is -2.52. The fourth-order valence-electron chi connectivity index (χ4n) is 2.66. The minimum absolute atomic E-state index is 0.0204. The van der Waals surface area contributed by atoms with Crippen molar-refractivity contribution < 1.29 is 14.0 Å². The first-order chi connectivity index (χ1) is 13.9. The van der Waals surface area contributed by atoms with Gasteiger partial charge in [-0.2, -0.15) is 0 Å². The summed E-state index contributed by atoms with van der Waals surface area (Å²) < 4.78 is 16.4. The highest BCUT2D eigenvalue weighted by Crippen LogP contribution is 2.21. The lowest BCUT2D eigenvalue weighted by Crippen LogP contribution is -2.29. The smallest absolute Gasteiger partial charge is 0.254 e. The van der Waals surface area contributed by atoms with Crippen LogP contribution in [-0.4, -0.2) is 32.2 Å². The third kappa shape index (κ3) is 5.10. The SMILES string of the molecule is CC(NC(=O)c1ccccc1F)c1nnc(SCC(=O)c2ccc(Br)cc2)n1C. The summed E-state index contributed by atoms with van der Waals surface area (Å²) in [5, 5.41) is 11.5. The predicted octanol–water partition coefficient (Wildman–Crippen LogP) is 4.18. The summed E-state index contributed by atoms with van der Waals surface area (Å²) in [4.78, 5) is 24.6. The van der Waals surface area contributed by atoms with Gasteiger partial charge in [-0.3, -0.25) is 9.59 Å². The zero-order valence-corrected chi connectivity index (χ0v) is 18.1. The molecular weight excluding hydrogens is 459 g/mol. The van der Waals surface area contributed by atoms with Gasteiger partial charge in [-0.25, -0.2) is 4.39 Å². The normalized spacial score (nSPS) is 11.9. The van der Waals surface area contributed by atoms with E-state index in [1.807, 2.05) is 12.1 Å². The lowest BCUT2D eigenvalue weighted by molar-refractivity contribution is 0.0933. The summed E-state index contributed by atoms with van der Waals surface area (Å²) in [5.41, 5.74) is 0.588. The highest BCUT2D eigenvalue weighted by atomic mass is 79.9. The molecule has 0 spiro atoms. The summed E-state index contributed by atoms with van der Waals surface area (Å²) in [5.74, 6) is -0.416. The molecule has 9 heteroatoms. The number of thioether (sulfide) groups is 1. The van der Waals surface area contributed by atoms with Crippen LogP contribution in [0.3, 0.4) is 0 Å². The summed E-state index contributed by atoms with van der Waals surface area (Å²) in [6.07, 6.45) is 0. The number of Topliss-reactive ketones (excluding diaryl/α,β-unsaturated/α-hetero) is 1. The molecule has 0 fully saturated rings. The van der Waals surface area contributed by atoms with Crippen LogP contribution in [0.5, 0.6) is 0 Å². The minimum Gasteiger partial charge on any atom is -0.342 e. The van der Waals surface area contributed by atoms with Gasteiger partial charge in [-0.15, -0.1) is 10.2 Å². The van der Waals surface area contributed by atoms with Gasteiger partial charge in [0, 0.05) is 17.1 Å². The second-order valence-electron chi connectivity index (χ2n) is 6.29. The molecule has 1 aromatic heterocycles. The number of nitrogens with zero attached hydrogens (tertiary/aromatic N) is 3. The molecule has 29 heavy (non-hydrogen) atoms. The number of rotatable bonds is 7. The van der Waals surface area contributed by atoms with Crippen molar-refractivity contribution in [3.05, 3.63) is 75.8 Å². The number of nitrogens with one attached hydrogen (secondary N) is 1. The van der Waals surface area contributed by atoms with E-state index >= 15 is 0 Å². The highest BCUT2D eigenvalue weighted by Gasteiger charge is 2.20. The molecule has 1 N–H and O–H groups in total. The molecule has 0 bridgehead atoms. The van der Waals surface area contributed by atoms with Gasteiger partial charge in [0.05, 0.1) is 17.4 Å². The van der Waals surface area contributed by atoms with E-state index in [9.17, 15) is 14.0 Å². The van der Waals surface area contributed by atoms with Gasteiger partial charge in [0.1, 0.15) is 5.82 Å². The summed E-state index contributed by atoms with van der Waals surface area (Å²) in [6, 6.07) is 12.4. The molecule has 3 aromatic rings. The van der Waals surface area contributed by atoms with Gasteiger partial charge in [-0.05, 0) is 31.2 Å². The van der Waals surface area contributed by atoms with E-state index in [4.69, 9.17) is 0 Å². The predicted molar refractivity (Wildman–Crippen MR) is 112 cm³/mol. The lowest BCUT2D eigenvalue weighted by atomic mass is 10.2. The van der Waals surface area contributed by atoms with Crippen LogP contribution in [-0.2, 0) is 7.05 Å². The number of halogens is 2. The molecule has 6 nitrogen and oxygen atoms in total. The van der Waals surface area contributed by atoms with Gasteiger partial charge in [0.2, 0.25) is 0 Å². The van der Waals surface area contributed by atoms with Crippen molar-refractivity contribution in [1.29, 1.82) is 0 Å². The van der Waals surface area contributed by atoms with Crippen molar-refractivity contribution in [1.82, 2.24) is 20.1 Å². The number of benzene rings is 2. The van der Waals surface area contributed by atoms with Crippen LogP contribution in [0.1, 0.15) is 39.5 Å². The largest absolute Gasteiger partial charge is 0.342 e. The topological polar surface area (TPSA) is 76.9 Å². The van der Waals surface area contributed by atoms with E-state index in [0.29, 0.717) is 16.5 Å². The first-order valence-corrected chi connectivity index (χ1v) is 10.5. The Bertz CT molecular complexity index is 1040. The molecule has 0 saturated heterocycles. The molecule has 1 atom stereocenters. The van der Waals surface area contributed by atoms with Crippen LogP contribution in [0.4, 0.5) is 4.39 Å². The number of carbonyl (C=O) groups is 2. The number of hydrogen-bond acceptors (Lipinski definition) is 5. The molecule has 3 rings (SSSR count). The van der Waals surface area contributed by atoms with E-state index in [1.165, 1.54) is 30.0 Å². The molecule has 0 aliphatic heterocycles. The second-order valence-corrected chi connectivity index (χ2v) is 8.15. The van der Waals surface area contributed by atoms with E-state index < -0.39 is 17.8 Å². The van der Waals surface area contributed by atoms with E-state index in [2.05, 4.69) is 31.4 Å². The number of aromatic nitrogens is 3. The maximum atomic E-state index is 13.8. The van der Waals surface area contributed by atoms with Crippen LogP contribution >= 0.6 is 27.7 Å². The van der Waals surface area contributed by atoms with Gasteiger partial charge in [0.15, 0.2) is 16.8 Å². The number of hydrogen-bond donors (Lipinski definition) is 1. The summed E-state index contributed by atoms with van der Waals surface area (Å²) in [6.45, 7) is 1.74. The maximum Gasteiger partial charge on any atom is 0.254 e. The number of ketones is 1. The maximum absolute atomic E-state index is 13.8. The van der Waals surface area contributed by atoms with Crippen molar-refractivity contribution >= 4 is 39.4 Å². The third-order valence-electron chi connectivity index (χ3n) is 4.22. The quantitative estimate of drug-likeness (QED) is 0.408. The van der Waals surface area contributed by atoms with Crippen molar-refractivity contribution in [2.75, 3.05) is 5.75 Å². The zero-order chi connectivity index (χ0) is 21.0. The number of carbonyl (C=O) groups excluding carboxylic acids is 2. The Balaban J connectivity index is 1.64. The van der Waals surface area contributed by atoms with Crippen LogP contribution in [0.2, 0.25) is 0 Å². The Kier molecular flexibility index (Phi) is 6.81. The van der Waals surface area contributed by atoms with Gasteiger partial charge < -0.3 is 9.88 Å². The molecule has 150 valence electrons. The minimum atomic E-state index is -0.585. The molecule has 0 aliphatic rings. The second kappa shape index (κ2) is 9.32. The average molecular weight is 477 g/mol. The monoisotopic (exact) mass is 476 g/mol. The molecule has 2 aromatic carbocycles. The van der Waals surface area contributed by atoms with Gasteiger partial charge in [-0.1, -0.05) is 52.0 Å². The number of amides is 1. The van der Waals surface area contributed by atoms with Crippen LogP contribution in [0.15, 0.2) is 58.2 Å². The first kappa shape index (κ1) is 21.2. The first-order valence-electron chi connectivity index (χ1n) is 8.73. The summed E-state index contributed by atoms with van der Waals surface area (Å²) >= 11 is 4.61. The van der Waals surface area contributed by atoms with Crippen molar-refractivity contribution in [2.24, 2.45) is 7.05 Å². The molecule has 1 heterocycles. The highest BCUT2D eigenvalue weighted by molar-refractivity contribution is 9.10. The van der Waals surface area contributed by atoms with E-state index in [-0.39, 0.29) is 17.1 Å².